The second-order valence-corrected chi connectivity index (χ2v) is 8.53. The zero-order chi connectivity index (χ0) is 17.7. The number of pyridine rings is 1. The highest BCUT2D eigenvalue weighted by Gasteiger charge is 2.45. The summed E-state index contributed by atoms with van der Waals surface area (Å²) in [6.07, 6.45) is 7.73. The Labute approximate surface area is 160 Å². The normalized spacial score (nSPS) is 25.7. The van der Waals surface area contributed by atoms with Gasteiger partial charge in [-0.05, 0) is 47.3 Å². The SMILES string of the molecule is Fc1c(C2CCC2)ncnc1N1CC2CC1CN2Cc1ccc(Br)cn1. The molecular formula is C19H21BrFN5. The summed E-state index contributed by atoms with van der Waals surface area (Å²) in [4.78, 5) is 17.6. The first-order chi connectivity index (χ1) is 12.7. The Kier molecular flexibility index (Phi) is 4.16. The molecule has 7 heteroatoms. The highest BCUT2D eigenvalue weighted by atomic mass is 79.9. The molecule has 3 aliphatic rings. The van der Waals surface area contributed by atoms with Crippen LogP contribution in [0.15, 0.2) is 29.1 Å². The fourth-order valence-electron chi connectivity index (χ4n) is 4.45. The lowest BCUT2D eigenvalue weighted by Crippen LogP contribution is -2.46. The zero-order valence-corrected chi connectivity index (χ0v) is 16.1. The molecule has 2 atom stereocenters. The lowest BCUT2D eigenvalue weighted by Gasteiger charge is -2.35. The van der Waals surface area contributed by atoms with Crippen molar-refractivity contribution in [1.82, 2.24) is 19.9 Å². The predicted octanol–water partition coefficient (Wildman–Crippen LogP) is 3.50. The number of hydrogen-bond acceptors (Lipinski definition) is 5. The smallest absolute Gasteiger partial charge is 0.187 e. The summed E-state index contributed by atoms with van der Waals surface area (Å²) in [5.74, 6) is 0.609. The van der Waals surface area contributed by atoms with Crippen LogP contribution in [0.25, 0.3) is 0 Å². The van der Waals surface area contributed by atoms with Crippen LogP contribution in [0.2, 0.25) is 0 Å². The van der Waals surface area contributed by atoms with Gasteiger partial charge in [-0.3, -0.25) is 9.88 Å². The third-order valence-electron chi connectivity index (χ3n) is 6.07. The summed E-state index contributed by atoms with van der Waals surface area (Å²) < 4.78 is 16.0. The van der Waals surface area contributed by atoms with Gasteiger partial charge >= 0.3 is 0 Å². The minimum atomic E-state index is -0.189. The predicted molar refractivity (Wildman–Crippen MR) is 100 cm³/mol. The zero-order valence-electron chi connectivity index (χ0n) is 14.5. The van der Waals surface area contributed by atoms with Crippen molar-refractivity contribution < 1.29 is 4.39 Å². The topological polar surface area (TPSA) is 45.2 Å². The summed E-state index contributed by atoms with van der Waals surface area (Å²) in [6, 6.07) is 4.85. The minimum absolute atomic E-state index is 0.189. The molecule has 3 fully saturated rings. The highest BCUT2D eigenvalue weighted by Crippen LogP contribution is 2.40. The van der Waals surface area contributed by atoms with Crippen molar-refractivity contribution in [1.29, 1.82) is 0 Å². The van der Waals surface area contributed by atoms with Crippen LogP contribution in [0, 0.1) is 5.82 Å². The molecule has 2 aliphatic heterocycles. The molecule has 2 saturated heterocycles. The number of fused-ring (bicyclic) bond motifs is 2. The molecule has 136 valence electrons. The first-order valence-corrected chi connectivity index (χ1v) is 10.1. The number of rotatable bonds is 4. The van der Waals surface area contributed by atoms with Crippen molar-refractivity contribution in [2.24, 2.45) is 0 Å². The molecule has 5 nitrogen and oxygen atoms in total. The van der Waals surface area contributed by atoms with E-state index in [1.165, 1.54) is 6.42 Å². The first-order valence-electron chi connectivity index (χ1n) is 9.30. The Balaban J connectivity index is 1.31. The number of anilines is 1. The maximum absolute atomic E-state index is 15.0. The lowest BCUT2D eigenvalue weighted by atomic mass is 9.82. The average Bonchev–Trinajstić information content (AvgIpc) is 3.17. The van der Waals surface area contributed by atoms with E-state index in [1.807, 2.05) is 12.3 Å². The molecule has 26 heavy (non-hydrogen) atoms. The molecule has 2 bridgehead atoms. The fraction of sp³-hybridized carbons (Fsp3) is 0.526. The summed E-state index contributed by atoms with van der Waals surface area (Å²) in [5, 5.41) is 0. The van der Waals surface area contributed by atoms with Gasteiger partial charge in [0.2, 0.25) is 0 Å². The fourth-order valence-corrected chi connectivity index (χ4v) is 4.69. The Morgan fingerprint density at radius 1 is 1.12 bits per heavy atom. The molecule has 1 aliphatic carbocycles. The molecule has 0 aromatic carbocycles. The minimum Gasteiger partial charge on any atom is -0.348 e. The van der Waals surface area contributed by atoms with Crippen LogP contribution in [0.5, 0.6) is 0 Å². The van der Waals surface area contributed by atoms with Gasteiger partial charge in [0.15, 0.2) is 11.6 Å². The summed E-state index contributed by atoms with van der Waals surface area (Å²) in [6.45, 7) is 2.62. The Morgan fingerprint density at radius 3 is 2.65 bits per heavy atom. The van der Waals surface area contributed by atoms with E-state index in [2.05, 4.69) is 46.7 Å². The highest BCUT2D eigenvalue weighted by molar-refractivity contribution is 9.10. The second-order valence-electron chi connectivity index (χ2n) is 7.62. The van der Waals surface area contributed by atoms with Crippen LogP contribution >= 0.6 is 15.9 Å². The van der Waals surface area contributed by atoms with Gasteiger partial charge in [0.1, 0.15) is 6.33 Å². The van der Waals surface area contributed by atoms with Crippen LogP contribution in [-0.2, 0) is 6.54 Å². The van der Waals surface area contributed by atoms with Gasteiger partial charge in [0, 0.05) is 48.3 Å². The summed E-state index contributed by atoms with van der Waals surface area (Å²) in [5.41, 5.74) is 1.70. The first kappa shape index (κ1) is 16.6. The number of halogens is 2. The molecule has 0 radical (unpaired) electrons. The molecule has 2 aromatic rings. The molecule has 0 spiro atoms. The van der Waals surface area contributed by atoms with E-state index >= 15 is 4.39 Å². The van der Waals surface area contributed by atoms with Crippen molar-refractivity contribution >= 4 is 21.7 Å². The molecule has 5 rings (SSSR count). The van der Waals surface area contributed by atoms with Gasteiger partial charge in [-0.25, -0.2) is 14.4 Å². The Hall–Kier alpha value is -1.60. The molecule has 1 saturated carbocycles. The molecule has 0 amide bonds. The van der Waals surface area contributed by atoms with Gasteiger partial charge in [-0.15, -0.1) is 0 Å². The van der Waals surface area contributed by atoms with E-state index in [4.69, 9.17) is 0 Å². The molecule has 2 unspecified atom stereocenters. The van der Waals surface area contributed by atoms with Crippen LogP contribution in [0.3, 0.4) is 0 Å². The van der Waals surface area contributed by atoms with Gasteiger partial charge in [-0.1, -0.05) is 6.42 Å². The van der Waals surface area contributed by atoms with Gasteiger partial charge in [0.05, 0.1) is 11.4 Å². The Bertz CT molecular complexity index is 810. The third-order valence-corrected chi connectivity index (χ3v) is 6.54. The van der Waals surface area contributed by atoms with Crippen molar-refractivity contribution in [3.8, 4) is 0 Å². The quantitative estimate of drug-likeness (QED) is 0.761. The van der Waals surface area contributed by atoms with E-state index in [1.54, 1.807) is 6.33 Å². The number of piperazine rings is 1. The lowest BCUT2D eigenvalue weighted by molar-refractivity contribution is 0.227. The van der Waals surface area contributed by atoms with Crippen LogP contribution in [0.4, 0.5) is 10.2 Å². The number of nitrogens with zero attached hydrogens (tertiary/aromatic N) is 5. The van der Waals surface area contributed by atoms with Crippen molar-refractivity contribution in [2.75, 3.05) is 18.0 Å². The molecular weight excluding hydrogens is 397 g/mol. The maximum atomic E-state index is 15.0. The van der Waals surface area contributed by atoms with Crippen molar-refractivity contribution in [2.45, 2.75) is 50.2 Å². The van der Waals surface area contributed by atoms with Gasteiger partial charge < -0.3 is 4.90 Å². The van der Waals surface area contributed by atoms with E-state index < -0.39 is 0 Å². The van der Waals surface area contributed by atoms with Crippen molar-refractivity contribution in [3.05, 3.63) is 46.3 Å². The van der Waals surface area contributed by atoms with Gasteiger partial charge in [-0.2, -0.15) is 0 Å². The van der Waals surface area contributed by atoms with Crippen LogP contribution in [0.1, 0.15) is 43.0 Å². The van der Waals surface area contributed by atoms with E-state index in [9.17, 15) is 0 Å². The number of aromatic nitrogens is 3. The van der Waals surface area contributed by atoms with Gasteiger partial charge in [0.25, 0.3) is 0 Å². The molecule has 0 N–H and O–H groups in total. The third kappa shape index (κ3) is 2.81. The standard InChI is InChI=1S/C19H21BrFN5/c20-13-4-5-14(22-7-13)8-25-9-16-6-15(25)10-26(16)19-17(21)18(23-11-24-19)12-2-1-3-12/h4-5,7,11-12,15-16H,1-3,6,8-10H2. The van der Waals surface area contributed by atoms with E-state index in [0.717, 1.165) is 49.1 Å². The van der Waals surface area contributed by atoms with Crippen LogP contribution in [-0.4, -0.2) is 45.0 Å². The Morgan fingerprint density at radius 2 is 2.00 bits per heavy atom. The largest absolute Gasteiger partial charge is 0.348 e. The van der Waals surface area contributed by atoms with Crippen molar-refractivity contribution in [3.63, 3.8) is 0 Å². The monoisotopic (exact) mass is 417 g/mol. The number of hydrogen-bond donors (Lipinski definition) is 0. The average molecular weight is 418 g/mol. The molecule has 4 heterocycles. The summed E-state index contributed by atoms with van der Waals surface area (Å²) in [7, 11) is 0. The maximum Gasteiger partial charge on any atom is 0.187 e. The van der Waals surface area contributed by atoms with E-state index in [-0.39, 0.29) is 11.7 Å². The van der Waals surface area contributed by atoms with Crippen LogP contribution < -0.4 is 4.90 Å². The molecule has 2 aromatic heterocycles. The van der Waals surface area contributed by atoms with E-state index in [0.29, 0.717) is 23.6 Å². The summed E-state index contributed by atoms with van der Waals surface area (Å²) >= 11 is 3.43. The second kappa shape index (κ2) is 6.53. The number of likely N-dealkylation sites (tertiary alicyclic amines) is 1.